The lowest BCUT2D eigenvalue weighted by Gasteiger charge is -2.14. The topological polar surface area (TPSA) is 26.3 Å². The molecule has 0 N–H and O–H groups in total. The SMILES string of the molecule is CC(C)Oc1ccccc1Sc1ccccc1C=O. The average molecular weight is 272 g/mol. The van der Waals surface area contributed by atoms with Gasteiger partial charge in [-0.3, -0.25) is 4.79 Å². The van der Waals surface area contributed by atoms with E-state index in [1.165, 1.54) is 0 Å². The van der Waals surface area contributed by atoms with Gasteiger partial charge in [0, 0.05) is 10.5 Å². The summed E-state index contributed by atoms with van der Waals surface area (Å²) in [5, 5.41) is 0. The van der Waals surface area contributed by atoms with Gasteiger partial charge in [0.25, 0.3) is 0 Å². The standard InChI is InChI=1S/C16H16O2S/c1-12(2)18-14-8-4-6-10-16(14)19-15-9-5-3-7-13(15)11-17/h3-12H,1-2H3. The van der Waals surface area contributed by atoms with E-state index in [2.05, 4.69) is 0 Å². The van der Waals surface area contributed by atoms with Crippen LogP contribution in [0.4, 0.5) is 0 Å². The molecule has 0 amide bonds. The number of para-hydroxylation sites is 1. The number of benzene rings is 2. The molecule has 2 rings (SSSR count). The monoisotopic (exact) mass is 272 g/mol. The minimum absolute atomic E-state index is 0.128. The maximum Gasteiger partial charge on any atom is 0.151 e. The van der Waals surface area contributed by atoms with E-state index in [9.17, 15) is 4.79 Å². The molecule has 2 aromatic carbocycles. The Labute approximate surface area is 117 Å². The lowest BCUT2D eigenvalue weighted by atomic mass is 10.2. The van der Waals surface area contributed by atoms with Crippen molar-refractivity contribution in [2.45, 2.75) is 29.7 Å². The molecule has 0 saturated carbocycles. The molecule has 0 radical (unpaired) electrons. The van der Waals surface area contributed by atoms with E-state index in [1.54, 1.807) is 11.8 Å². The molecule has 0 aliphatic carbocycles. The molecule has 0 spiro atoms. The van der Waals surface area contributed by atoms with Crippen LogP contribution in [0.15, 0.2) is 58.3 Å². The van der Waals surface area contributed by atoms with Gasteiger partial charge in [0.1, 0.15) is 5.75 Å². The fourth-order valence-electron chi connectivity index (χ4n) is 1.68. The second-order valence-corrected chi connectivity index (χ2v) is 5.45. The lowest BCUT2D eigenvalue weighted by Crippen LogP contribution is -2.06. The molecule has 0 bridgehead atoms. The summed E-state index contributed by atoms with van der Waals surface area (Å²) in [5.41, 5.74) is 0.701. The molecule has 0 aliphatic rings. The number of hydrogen-bond acceptors (Lipinski definition) is 3. The van der Waals surface area contributed by atoms with Crippen molar-refractivity contribution < 1.29 is 9.53 Å². The molecule has 2 aromatic rings. The van der Waals surface area contributed by atoms with Crippen LogP contribution in [0.5, 0.6) is 5.75 Å². The van der Waals surface area contributed by atoms with E-state index < -0.39 is 0 Å². The van der Waals surface area contributed by atoms with Crippen molar-refractivity contribution in [1.82, 2.24) is 0 Å². The molecule has 98 valence electrons. The van der Waals surface area contributed by atoms with Crippen molar-refractivity contribution in [2.24, 2.45) is 0 Å². The van der Waals surface area contributed by atoms with Crippen molar-refractivity contribution >= 4 is 18.0 Å². The average Bonchev–Trinajstić information content (AvgIpc) is 2.41. The fraction of sp³-hybridized carbons (Fsp3) is 0.188. The maximum absolute atomic E-state index is 11.0. The number of hydrogen-bond donors (Lipinski definition) is 0. The highest BCUT2D eigenvalue weighted by atomic mass is 32.2. The Morgan fingerprint density at radius 3 is 2.32 bits per heavy atom. The van der Waals surface area contributed by atoms with E-state index in [4.69, 9.17) is 4.74 Å². The summed E-state index contributed by atoms with van der Waals surface area (Å²) >= 11 is 1.55. The summed E-state index contributed by atoms with van der Waals surface area (Å²) in [5.74, 6) is 0.850. The van der Waals surface area contributed by atoms with Gasteiger partial charge in [0.05, 0.1) is 11.0 Å². The normalized spacial score (nSPS) is 10.5. The first-order valence-corrected chi connectivity index (χ1v) is 7.00. The second-order valence-electron chi connectivity index (χ2n) is 4.37. The zero-order chi connectivity index (χ0) is 13.7. The summed E-state index contributed by atoms with van der Waals surface area (Å²) in [6.07, 6.45) is 1.01. The highest BCUT2D eigenvalue weighted by molar-refractivity contribution is 7.99. The largest absolute Gasteiger partial charge is 0.490 e. The molecular weight excluding hydrogens is 256 g/mol. The van der Waals surface area contributed by atoms with Crippen molar-refractivity contribution in [3.8, 4) is 5.75 Å². The van der Waals surface area contributed by atoms with Crippen LogP contribution in [-0.2, 0) is 0 Å². The van der Waals surface area contributed by atoms with Crippen LogP contribution in [0.2, 0.25) is 0 Å². The van der Waals surface area contributed by atoms with Crippen LogP contribution in [0.25, 0.3) is 0 Å². The molecule has 0 aromatic heterocycles. The smallest absolute Gasteiger partial charge is 0.151 e. The zero-order valence-corrected chi connectivity index (χ0v) is 11.8. The van der Waals surface area contributed by atoms with Gasteiger partial charge in [0.2, 0.25) is 0 Å². The van der Waals surface area contributed by atoms with E-state index >= 15 is 0 Å². The fourth-order valence-corrected chi connectivity index (χ4v) is 2.66. The molecule has 2 nitrogen and oxygen atoms in total. The van der Waals surface area contributed by atoms with Gasteiger partial charge in [0.15, 0.2) is 6.29 Å². The van der Waals surface area contributed by atoms with Gasteiger partial charge >= 0.3 is 0 Å². The van der Waals surface area contributed by atoms with E-state index in [0.717, 1.165) is 21.8 Å². The molecule has 0 unspecified atom stereocenters. The first-order valence-electron chi connectivity index (χ1n) is 6.18. The Morgan fingerprint density at radius 1 is 1.00 bits per heavy atom. The summed E-state index contributed by atoms with van der Waals surface area (Å²) < 4.78 is 5.78. The molecule has 0 saturated heterocycles. The van der Waals surface area contributed by atoms with Crippen LogP contribution >= 0.6 is 11.8 Å². The van der Waals surface area contributed by atoms with Gasteiger partial charge < -0.3 is 4.74 Å². The number of rotatable bonds is 5. The third-order valence-electron chi connectivity index (χ3n) is 2.48. The van der Waals surface area contributed by atoms with E-state index in [-0.39, 0.29) is 6.10 Å². The van der Waals surface area contributed by atoms with Gasteiger partial charge in [-0.05, 0) is 32.0 Å². The Morgan fingerprint density at radius 2 is 1.63 bits per heavy atom. The van der Waals surface area contributed by atoms with E-state index in [0.29, 0.717) is 5.56 Å². The second kappa shape index (κ2) is 6.43. The van der Waals surface area contributed by atoms with Gasteiger partial charge in [-0.2, -0.15) is 0 Å². The Kier molecular flexibility index (Phi) is 4.63. The molecule has 19 heavy (non-hydrogen) atoms. The number of aldehydes is 1. The van der Waals surface area contributed by atoms with Crippen LogP contribution in [-0.4, -0.2) is 12.4 Å². The predicted octanol–water partition coefficient (Wildman–Crippen LogP) is 4.44. The van der Waals surface area contributed by atoms with Crippen molar-refractivity contribution in [1.29, 1.82) is 0 Å². The van der Waals surface area contributed by atoms with Crippen molar-refractivity contribution in [3.05, 3.63) is 54.1 Å². The van der Waals surface area contributed by atoms with Crippen LogP contribution in [0.3, 0.4) is 0 Å². The van der Waals surface area contributed by atoms with Crippen LogP contribution in [0, 0.1) is 0 Å². The maximum atomic E-state index is 11.0. The third kappa shape index (κ3) is 3.61. The van der Waals surface area contributed by atoms with Crippen LogP contribution < -0.4 is 4.74 Å². The van der Waals surface area contributed by atoms with E-state index in [1.807, 2.05) is 62.4 Å². The van der Waals surface area contributed by atoms with Crippen molar-refractivity contribution in [2.75, 3.05) is 0 Å². The summed E-state index contributed by atoms with van der Waals surface area (Å²) in [6, 6.07) is 15.4. The molecular formula is C16H16O2S. The minimum atomic E-state index is 0.128. The Balaban J connectivity index is 2.30. The van der Waals surface area contributed by atoms with Crippen molar-refractivity contribution in [3.63, 3.8) is 0 Å². The lowest BCUT2D eigenvalue weighted by molar-refractivity contribution is 0.112. The highest BCUT2D eigenvalue weighted by Gasteiger charge is 2.09. The molecule has 0 fully saturated rings. The Bertz CT molecular complexity index is 564. The number of carbonyl (C=O) groups excluding carboxylic acids is 1. The third-order valence-corrected chi connectivity index (χ3v) is 3.63. The molecule has 0 atom stereocenters. The predicted molar refractivity (Wildman–Crippen MR) is 78.2 cm³/mol. The number of ether oxygens (including phenoxy) is 1. The van der Waals surface area contributed by atoms with Gasteiger partial charge in [-0.15, -0.1) is 0 Å². The molecule has 3 heteroatoms. The molecule has 0 aliphatic heterocycles. The first kappa shape index (κ1) is 13.7. The van der Waals surface area contributed by atoms with Gasteiger partial charge in [-0.1, -0.05) is 42.1 Å². The Hall–Kier alpha value is -1.74. The quantitative estimate of drug-likeness (QED) is 0.753. The first-order chi connectivity index (χ1) is 9.20. The molecule has 0 heterocycles. The van der Waals surface area contributed by atoms with Crippen LogP contribution in [0.1, 0.15) is 24.2 Å². The summed E-state index contributed by atoms with van der Waals surface area (Å²) in [6.45, 7) is 4.00. The highest BCUT2D eigenvalue weighted by Crippen LogP contribution is 2.36. The summed E-state index contributed by atoms with van der Waals surface area (Å²) in [7, 11) is 0. The minimum Gasteiger partial charge on any atom is -0.490 e. The number of carbonyl (C=O) groups is 1. The zero-order valence-electron chi connectivity index (χ0n) is 11.0. The van der Waals surface area contributed by atoms with Gasteiger partial charge in [-0.25, -0.2) is 0 Å². The summed E-state index contributed by atoms with van der Waals surface area (Å²) in [4.78, 5) is 13.0.